The first-order chi connectivity index (χ1) is 5.08. The Hall–Kier alpha value is -0.150. The Morgan fingerprint density at radius 2 is 2.36 bits per heavy atom. The number of rotatable bonds is 3. The third-order valence-corrected chi connectivity index (χ3v) is 1.55. The Morgan fingerprint density at radius 3 is 2.82 bits per heavy atom. The third kappa shape index (κ3) is 3.68. The van der Waals surface area contributed by atoms with Gasteiger partial charge in [-0.05, 0) is 20.3 Å². The highest BCUT2D eigenvalue weighted by Crippen LogP contribution is 2.13. The summed E-state index contributed by atoms with van der Waals surface area (Å²) in [5.41, 5.74) is -1.22. The largest absolute Gasteiger partial charge is 0.379 e. The van der Waals surface area contributed by atoms with Crippen molar-refractivity contribution in [3.05, 3.63) is 0 Å². The lowest BCUT2D eigenvalue weighted by molar-refractivity contribution is -0.0152. The molecule has 1 heterocycles. The SMILES string of the molecule is CC(C)(F)COC1CCOC1. The van der Waals surface area contributed by atoms with Crippen LogP contribution in [0.15, 0.2) is 0 Å². The van der Waals surface area contributed by atoms with E-state index in [9.17, 15) is 4.39 Å². The average Bonchev–Trinajstić information content (AvgIpc) is 2.32. The van der Waals surface area contributed by atoms with Crippen molar-refractivity contribution in [2.24, 2.45) is 0 Å². The van der Waals surface area contributed by atoms with Gasteiger partial charge in [0.15, 0.2) is 0 Å². The summed E-state index contributed by atoms with van der Waals surface area (Å²) >= 11 is 0. The second kappa shape index (κ2) is 3.50. The van der Waals surface area contributed by atoms with Gasteiger partial charge in [0.05, 0.1) is 19.3 Å². The smallest absolute Gasteiger partial charge is 0.128 e. The van der Waals surface area contributed by atoms with Crippen LogP contribution in [0.1, 0.15) is 20.3 Å². The van der Waals surface area contributed by atoms with Crippen molar-refractivity contribution in [1.82, 2.24) is 0 Å². The highest BCUT2D eigenvalue weighted by atomic mass is 19.1. The van der Waals surface area contributed by atoms with Gasteiger partial charge in [-0.15, -0.1) is 0 Å². The molecule has 1 fully saturated rings. The van der Waals surface area contributed by atoms with E-state index in [1.165, 1.54) is 13.8 Å². The zero-order chi connectivity index (χ0) is 8.32. The molecule has 0 spiro atoms. The van der Waals surface area contributed by atoms with E-state index in [1.54, 1.807) is 0 Å². The zero-order valence-corrected chi connectivity index (χ0v) is 7.10. The molecular formula is C8H15FO2. The van der Waals surface area contributed by atoms with Crippen molar-refractivity contribution in [3.63, 3.8) is 0 Å². The monoisotopic (exact) mass is 162 g/mol. The third-order valence-electron chi connectivity index (χ3n) is 1.55. The Morgan fingerprint density at radius 1 is 1.64 bits per heavy atom. The Balaban J connectivity index is 2.11. The molecule has 1 aliphatic heterocycles. The van der Waals surface area contributed by atoms with Gasteiger partial charge in [-0.25, -0.2) is 4.39 Å². The lowest BCUT2D eigenvalue weighted by Crippen LogP contribution is -2.25. The molecule has 0 aromatic rings. The molecule has 1 rings (SSSR count). The van der Waals surface area contributed by atoms with Gasteiger partial charge in [0.1, 0.15) is 5.67 Å². The van der Waals surface area contributed by atoms with E-state index in [4.69, 9.17) is 9.47 Å². The van der Waals surface area contributed by atoms with Crippen molar-refractivity contribution in [1.29, 1.82) is 0 Å². The summed E-state index contributed by atoms with van der Waals surface area (Å²) in [5.74, 6) is 0. The predicted octanol–water partition coefficient (Wildman–Crippen LogP) is 1.54. The highest BCUT2D eigenvalue weighted by molar-refractivity contribution is 4.68. The van der Waals surface area contributed by atoms with Gasteiger partial charge in [-0.1, -0.05) is 0 Å². The Labute approximate surface area is 66.7 Å². The molecule has 0 amide bonds. The second-order valence-electron chi connectivity index (χ2n) is 3.52. The number of hydrogen-bond donors (Lipinski definition) is 0. The molecule has 1 saturated heterocycles. The van der Waals surface area contributed by atoms with Crippen LogP contribution >= 0.6 is 0 Å². The van der Waals surface area contributed by atoms with Gasteiger partial charge in [-0.3, -0.25) is 0 Å². The van der Waals surface area contributed by atoms with E-state index in [-0.39, 0.29) is 12.7 Å². The molecule has 0 radical (unpaired) electrons. The van der Waals surface area contributed by atoms with E-state index >= 15 is 0 Å². The second-order valence-corrected chi connectivity index (χ2v) is 3.52. The first kappa shape index (κ1) is 8.94. The Bertz CT molecular complexity index is 114. The van der Waals surface area contributed by atoms with Crippen molar-refractivity contribution in [2.75, 3.05) is 19.8 Å². The van der Waals surface area contributed by atoms with Gasteiger partial charge >= 0.3 is 0 Å². The fourth-order valence-corrected chi connectivity index (χ4v) is 0.960. The van der Waals surface area contributed by atoms with Crippen LogP contribution < -0.4 is 0 Å². The topological polar surface area (TPSA) is 18.5 Å². The molecule has 0 aromatic carbocycles. The lowest BCUT2D eigenvalue weighted by Gasteiger charge is -2.17. The van der Waals surface area contributed by atoms with Gasteiger partial charge in [0.25, 0.3) is 0 Å². The van der Waals surface area contributed by atoms with Crippen LogP contribution in [0, 0.1) is 0 Å². The normalized spacial score (nSPS) is 25.9. The minimum absolute atomic E-state index is 0.116. The molecular weight excluding hydrogens is 147 g/mol. The maximum Gasteiger partial charge on any atom is 0.128 e. The highest BCUT2D eigenvalue weighted by Gasteiger charge is 2.21. The van der Waals surface area contributed by atoms with E-state index in [2.05, 4.69) is 0 Å². The molecule has 2 nitrogen and oxygen atoms in total. The summed E-state index contributed by atoms with van der Waals surface area (Å²) < 4.78 is 23.2. The molecule has 0 aliphatic carbocycles. The van der Waals surface area contributed by atoms with Crippen molar-refractivity contribution in [3.8, 4) is 0 Å². The molecule has 1 atom stereocenters. The molecule has 3 heteroatoms. The van der Waals surface area contributed by atoms with Crippen LogP contribution in [-0.4, -0.2) is 31.6 Å². The van der Waals surface area contributed by atoms with Gasteiger partial charge in [-0.2, -0.15) is 0 Å². The van der Waals surface area contributed by atoms with Gasteiger partial charge < -0.3 is 9.47 Å². The fourth-order valence-electron chi connectivity index (χ4n) is 0.960. The number of halogens is 1. The zero-order valence-electron chi connectivity index (χ0n) is 7.10. The van der Waals surface area contributed by atoms with Crippen LogP contribution in [0.5, 0.6) is 0 Å². The fraction of sp³-hybridized carbons (Fsp3) is 1.00. The van der Waals surface area contributed by atoms with Crippen molar-refractivity contribution in [2.45, 2.75) is 32.0 Å². The lowest BCUT2D eigenvalue weighted by atomic mass is 10.2. The maximum atomic E-state index is 12.9. The molecule has 0 N–H and O–H groups in total. The summed E-state index contributed by atoms with van der Waals surface area (Å²) in [6, 6.07) is 0. The number of hydrogen-bond acceptors (Lipinski definition) is 2. The van der Waals surface area contributed by atoms with Crippen LogP contribution in [0.3, 0.4) is 0 Å². The summed E-state index contributed by atoms with van der Waals surface area (Å²) in [4.78, 5) is 0. The minimum atomic E-state index is -1.22. The molecule has 1 unspecified atom stereocenters. The summed E-state index contributed by atoms with van der Waals surface area (Å²) in [7, 11) is 0. The molecule has 11 heavy (non-hydrogen) atoms. The first-order valence-corrected chi connectivity index (χ1v) is 3.96. The van der Waals surface area contributed by atoms with E-state index in [0.717, 1.165) is 13.0 Å². The van der Waals surface area contributed by atoms with Gasteiger partial charge in [0.2, 0.25) is 0 Å². The van der Waals surface area contributed by atoms with Crippen LogP contribution in [-0.2, 0) is 9.47 Å². The Kier molecular flexibility index (Phi) is 2.84. The number of ether oxygens (including phenoxy) is 2. The average molecular weight is 162 g/mol. The molecule has 0 bridgehead atoms. The predicted molar refractivity (Wildman–Crippen MR) is 40.4 cm³/mol. The number of alkyl halides is 1. The van der Waals surface area contributed by atoms with Crippen molar-refractivity contribution < 1.29 is 13.9 Å². The van der Waals surface area contributed by atoms with E-state index in [0.29, 0.717) is 6.61 Å². The quantitative estimate of drug-likeness (QED) is 0.626. The summed E-state index contributed by atoms with van der Waals surface area (Å²) in [6.45, 7) is 4.57. The molecule has 66 valence electrons. The molecule has 0 saturated carbocycles. The molecule has 0 aromatic heterocycles. The van der Waals surface area contributed by atoms with Crippen LogP contribution in [0.25, 0.3) is 0 Å². The molecule has 1 aliphatic rings. The van der Waals surface area contributed by atoms with E-state index in [1.807, 2.05) is 0 Å². The standard InChI is InChI=1S/C8H15FO2/c1-8(2,9)6-11-7-3-4-10-5-7/h7H,3-6H2,1-2H3. The van der Waals surface area contributed by atoms with Gasteiger partial charge in [0, 0.05) is 6.61 Å². The summed E-state index contributed by atoms with van der Waals surface area (Å²) in [5, 5.41) is 0. The van der Waals surface area contributed by atoms with E-state index < -0.39 is 5.67 Å². The van der Waals surface area contributed by atoms with Crippen LogP contribution in [0.4, 0.5) is 4.39 Å². The van der Waals surface area contributed by atoms with Crippen molar-refractivity contribution >= 4 is 0 Å². The summed E-state index contributed by atoms with van der Waals surface area (Å²) in [6.07, 6.45) is 1.01. The minimum Gasteiger partial charge on any atom is -0.379 e. The maximum absolute atomic E-state index is 12.9. The first-order valence-electron chi connectivity index (χ1n) is 3.96. The van der Waals surface area contributed by atoms with Crippen LogP contribution in [0.2, 0.25) is 0 Å².